The van der Waals surface area contributed by atoms with Gasteiger partial charge in [0.2, 0.25) is 0 Å². The van der Waals surface area contributed by atoms with Crippen LogP contribution in [0, 0.1) is 0 Å². The van der Waals surface area contributed by atoms with Crippen molar-refractivity contribution in [1.29, 1.82) is 0 Å². The molecule has 0 amide bonds. The first kappa shape index (κ1) is 12.3. The predicted molar refractivity (Wildman–Crippen MR) is 62.7 cm³/mol. The van der Waals surface area contributed by atoms with Crippen LogP contribution in [-0.4, -0.2) is 35.8 Å². The van der Waals surface area contributed by atoms with Gasteiger partial charge in [0, 0.05) is 13.1 Å². The minimum atomic E-state index is -0.126. The number of hydrogen-bond donors (Lipinski definition) is 0. The largest absolute Gasteiger partial charge is 0.366 e. The highest BCUT2D eigenvalue weighted by molar-refractivity contribution is 8.02. The van der Waals surface area contributed by atoms with Crippen LogP contribution in [0.25, 0.3) is 0 Å². The van der Waals surface area contributed by atoms with Gasteiger partial charge >= 0.3 is 0 Å². The molecule has 1 aliphatic rings. The van der Waals surface area contributed by atoms with Gasteiger partial charge in [-0.2, -0.15) is 0 Å². The Balaban J connectivity index is 3.06. The third-order valence-corrected chi connectivity index (χ3v) is 3.35. The average molecular weight is 227 g/mol. The molecule has 0 atom stereocenters. The van der Waals surface area contributed by atoms with Gasteiger partial charge < -0.3 is 4.90 Å². The zero-order chi connectivity index (χ0) is 11.4. The molecule has 4 heteroatoms. The second kappa shape index (κ2) is 5.35. The van der Waals surface area contributed by atoms with Crippen LogP contribution >= 0.6 is 11.8 Å². The van der Waals surface area contributed by atoms with Gasteiger partial charge in [0.1, 0.15) is 0 Å². The molecule has 1 aliphatic heterocycles. The maximum atomic E-state index is 11.4. The van der Waals surface area contributed by atoms with Crippen LogP contribution in [0.15, 0.2) is 10.6 Å². The van der Waals surface area contributed by atoms with Crippen molar-refractivity contribution < 1.29 is 9.59 Å². The molecule has 0 aromatic rings. The summed E-state index contributed by atoms with van der Waals surface area (Å²) in [7, 11) is 0. The third-order valence-electron chi connectivity index (χ3n) is 2.50. The van der Waals surface area contributed by atoms with E-state index in [1.54, 1.807) is 0 Å². The Morgan fingerprint density at radius 1 is 1.07 bits per heavy atom. The molecule has 0 unspecified atom stereocenters. The van der Waals surface area contributed by atoms with Crippen molar-refractivity contribution in [3.63, 3.8) is 0 Å². The minimum absolute atomic E-state index is 0.126. The number of rotatable bonds is 4. The van der Waals surface area contributed by atoms with Gasteiger partial charge in [0.15, 0.2) is 11.6 Å². The van der Waals surface area contributed by atoms with Crippen LogP contribution in [0.4, 0.5) is 0 Å². The Hall–Kier alpha value is -0.770. The molecule has 0 N–H and O–H groups in total. The highest BCUT2D eigenvalue weighted by Gasteiger charge is 2.22. The summed E-state index contributed by atoms with van der Waals surface area (Å²) >= 11 is 1.50. The van der Waals surface area contributed by atoms with E-state index in [2.05, 4.69) is 4.90 Å². The van der Waals surface area contributed by atoms with E-state index < -0.39 is 0 Å². The van der Waals surface area contributed by atoms with Gasteiger partial charge in [-0.3, -0.25) is 9.59 Å². The molecule has 0 bridgehead atoms. The van der Waals surface area contributed by atoms with Crippen molar-refractivity contribution in [1.82, 2.24) is 4.90 Å². The Bertz CT molecular complexity index is 288. The van der Waals surface area contributed by atoms with Crippen LogP contribution in [0.2, 0.25) is 0 Å². The summed E-state index contributed by atoms with van der Waals surface area (Å²) in [4.78, 5) is 25.0. The number of hydrogen-bond acceptors (Lipinski definition) is 4. The van der Waals surface area contributed by atoms with E-state index in [0.29, 0.717) is 5.57 Å². The van der Waals surface area contributed by atoms with E-state index in [9.17, 15) is 9.59 Å². The minimum Gasteiger partial charge on any atom is -0.366 e. The number of ketones is 2. The number of nitrogens with zero attached hydrogens (tertiary/aromatic N) is 1. The Morgan fingerprint density at radius 3 is 1.87 bits per heavy atom. The summed E-state index contributed by atoms with van der Waals surface area (Å²) < 4.78 is 0. The number of thioether (sulfide) groups is 1. The van der Waals surface area contributed by atoms with E-state index in [1.807, 2.05) is 6.26 Å². The second-order valence-electron chi connectivity index (χ2n) is 3.69. The smallest absolute Gasteiger partial charge is 0.166 e. The van der Waals surface area contributed by atoms with Gasteiger partial charge in [-0.25, -0.2) is 0 Å². The first-order valence-electron chi connectivity index (χ1n) is 5.13. The number of likely N-dealkylation sites (tertiary alicyclic amines) is 1. The molecule has 0 radical (unpaired) electrons. The van der Waals surface area contributed by atoms with Crippen LogP contribution in [0.3, 0.4) is 0 Å². The number of Topliss-reactive ketones (excluding diaryl/α,β-unsaturated/α-hetero) is 2. The topological polar surface area (TPSA) is 37.4 Å². The van der Waals surface area contributed by atoms with E-state index >= 15 is 0 Å². The van der Waals surface area contributed by atoms with Crippen molar-refractivity contribution in [2.24, 2.45) is 0 Å². The first-order valence-corrected chi connectivity index (χ1v) is 6.35. The standard InChI is InChI=1S/C11H17NO2S/c1-8(13)10(9(2)14)11(15-3)12-6-4-5-7-12/h4-7H2,1-3H3. The van der Waals surface area contributed by atoms with E-state index in [1.165, 1.54) is 25.6 Å². The van der Waals surface area contributed by atoms with Crippen molar-refractivity contribution >= 4 is 23.3 Å². The highest BCUT2D eigenvalue weighted by Crippen LogP contribution is 2.26. The molecular weight excluding hydrogens is 210 g/mol. The Kier molecular flexibility index (Phi) is 4.39. The fraction of sp³-hybridized carbons (Fsp3) is 0.636. The molecule has 1 saturated heterocycles. The van der Waals surface area contributed by atoms with Crippen LogP contribution < -0.4 is 0 Å². The monoisotopic (exact) mass is 227 g/mol. The molecule has 1 rings (SSSR count). The lowest BCUT2D eigenvalue weighted by Crippen LogP contribution is -2.22. The predicted octanol–water partition coefficient (Wildman–Crippen LogP) is 1.83. The third kappa shape index (κ3) is 2.84. The molecule has 0 aromatic carbocycles. The molecule has 0 aliphatic carbocycles. The Morgan fingerprint density at radius 2 is 1.53 bits per heavy atom. The van der Waals surface area contributed by atoms with E-state index in [-0.39, 0.29) is 11.6 Å². The van der Waals surface area contributed by atoms with E-state index in [0.717, 1.165) is 31.0 Å². The number of allylic oxidation sites excluding steroid dienone is 1. The zero-order valence-corrected chi connectivity index (χ0v) is 10.3. The lowest BCUT2D eigenvalue weighted by molar-refractivity contribution is -0.119. The molecule has 0 aromatic heterocycles. The van der Waals surface area contributed by atoms with Gasteiger partial charge in [-0.05, 0) is 32.9 Å². The maximum Gasteiger partial charge on any atom is 0.166 e. The summed E-state index contributed by atoms with van der Waals surface area (Å²) in [5.74, 6) is -0.252. The molecule has 84 valence electrons. The Labute approximate surface area is 94.9 Å². The maximum absolute atomic E-state index is 11.4. The summed E-state index contributed by atoms with van der Waals surface area (Å²) in [6.07, 6.45) is 4.21. The van der Waals surface area contributed by atoms with Gasteiger partial charge in [-0.1, -0.05) is 0 Å². The van der Waals surface area contributed by atoms with Gasteiger partial charge in [-0.15, -0.1) is 11.8 Å². The van der Waals surface area contributed by atoms with Gasteiger partial charge in [0.25, 0.3) is 0 Å². The summed E-state index contributed by atoms with van der Waals surface area (Å²) in [6, 6.07) is 0. The molecule has 0 spiro atoms. The number of carbonyl (C=O) groups excluding carboxylic acids is 2. The van der Waals surface area contributed by atoms with Gasteiger partial charge in [0.05, 0.1) is 10.6 Å². The lowest BCUT2D eigenvalue weighted by Gasteiger charge is -2.21. The molecule has 1 fully saturated rings. The zero-order valence-electron chi connectivity index (χ0n) is 9.50. The normalized spacial score (nSPS) is 15.3. The fourth-order valence-electron chi connectivity index (χ4n) is 1.86. The molecule has 15 heavy (non-hydrogen) atoms. The molecular formula is C11H17NO2S. The van der Waals surface area contributed by atoms with E-state index in [4.69, 9.17) is 0 Å². The second-order valence-corrected chi connectivity index (χ2v) is 4.49. The number of carbonyl (C=O) groups is 2. The van der Waals surface area contributed by atoms with Crippen molar-refractivity contribution in [2.45, 2.75) is 26.7 Å². The molecule has 3 nitrogen and oxygen atoms in total. The lowest BCUT2D eigenvalue weighted by atomic mass is 10.1. The van der Waals surface area contributed by atoms with Crippen molar-refractivity contribution in [3.05, 3.63) is 10.6 Å². The first-order chi connectivity index (χ1) is 7.07. The molecule has 0 saturated carbocycles. The van der Waals surface area contributed by atoms with Crippen LogP contribution in [0.1, 0.15) is 26.7 Å². The highest BCUT2D eigenvalue weighted by atomic mass is 32.2. The molecule has 1 heterocycles. The van der Waals surface area contributed by atoms with Crippen molar-refractivity contribution in [2.75, 3.05) is 19.3 Å². The fourth-order valence-corrected chi connectivity index (χ4v) is 2.79. The SMILES string of the molecule is CSC(=C(C(C)=O)C(C)=O)N1CCCC1. The van der Waals surface area contributed by atoms with Crippen molar-refractivity contribution in [3.8, 4) is 0 Å². The summed E-state index contributed by atoms with van der Waals surface area (Å²) in [6.45, 7) is 4.84. The average Bonchev–Trinajstić information content (AvgIpc) is 2.64. The van der Waals surface area contributed by atoms with Crippen LogP contribution in [-0.2, 0) is 9.59 Å². The quantitative estimate of drug-likeness (QED) is 0.417. The summed E-state index contributed by atoms with van der Waals surface area (Å²) in [5.41, 5.74) is 0.365. The van der Waals surface area contributed by atoms with Crippen LogP contribution in [0.5, 0.6) is 0 Å². The summed E-state index contributed by atoms with van der Waals surface area (Å²) in [5, 5.41) is 0.854.